The molecule has 2 fully saturated rings. The molecule has 2 aliphatic rings. The van der Waals surface area contributed by atoms with Crippen LogP contribution < -0.4 is 10.6 Å². The van der Waals surface area contributed by atoms with Crippen LogP contribution in [0.15, 0.2) is 17.5 Å². The third-order valence-corrected chi connectivity index (χ3v) is 6.09. The molecule has 3 rings (SSSR count). The van der Waals surface area contributed by atoms with Crippen molar-refractivity contribution in [2.75, 3.05) is 26.2 Å². The molecule has 150 valence electrons. The van der Waals surface area contributed by atoms with E-state index in [0.29, 0.717) is 19.0 Å². The number of piperidine rings is 1. The van der Waals surface area contributed by atoms with E-state index in [-0.39, 0.29) is 48.9 Å². The summed E-state index contributed by atoms with van der Waals surface area (Å²) >= 11 is 1.42. The van der Waals surface area contributed by atoms with Crippen molar-refractivity contribution in [3.63, 3.8) is 0 Å². The lowest BCUT2D eigenvalue weighted by molar-refractivity contribution is -0.132. The average Bonchev–Trinajstić information content (AvgIpc) is 3.38. The van der Waals surface area contributed by atoms with E-state index in [1.807, 2.05) is 16.3 Å². The summed E-state index contributed by atoms with van der Waals surface area (Å²) in [5, 5.41) is 8.11. The Hall–Kier alpha value is -1.44. The lowest BCUT2D eigenvalue weighted by atomic mass is 9.97. The van der Waals surface area contributed by atoms with Gasteiger partial charge in [-0.05, 0) is 49.6 Å². The minimum Gasteiger partial charge on any atom is -0.354 e. The van der Waals surface area contributed by atoms with Gasteiger partial charge in [0, 0.05) is 32.5 Å². The Labute approximate surface area is 170 Å². The Balaban J connectivity index is 0.00000261. The number of nitrogens with one attached hydrogen (secondary N) is 2. The predicted octanol–water partition coefficient (Wildman–Crippen LogP) is 2.24. The Morgan fingerprint density at radius 1 is 1.22 bits per heavy atom. The fourth-order valence-corrected chi connectivity index (χ4v) is 4.37. The molecular weight excluding hydrogens is 386 g/mol. The summed E-state index contributed by atoms with van der Waals surface area (Å²) in [5.41, 5.74) is 0. The topological polar surface area (TPSA) is 78.5 Å². The zero-order valence-corrected chi connectivity index (χ0v) is 17.1. The largest absolute Gasteiger partial charge is 0.354 e. The van der Waals surface area contributed by atoms with Gasteiger partial charge in [-0.1, -0.05) is 6.07 Å². The van der Waals surface area contributed by atoms with Crippen LogP contribution >= 0.6 is 23.7 Å². The number of carbonyl (C=O) groups is 3. The van der Waals surface area contributed by atoms with Gasteiger partial charge in [-0.15, -0.1) is 23.7 Å². The van der Waals surface area contributed by atoms with E-state index in [2.05, 4.69) is 10.6 Å². The molecule has 0 saturated carbocycles. The number of hydrogen-bond acceptors (Lipinski definition) is 5. The Bertz CT molecular complexity index is 632. The van der Waals surface area contributed by atoms with Crippen molar-refractivity contribution in [3.05, 3.63) is 22.4 Å². The van der Waals surface area contributed by atoms with Crippen LogP contribution in [0.25, 0.3) is 0 Å². The van der Waals surface area contributed by atoms with Crippen molar-refractivity contribution in [3.8, 4) is 0 Å². The second-order valence-corrected chi connectivity index (χ2v) is 8.09. The van der Waals surface area contributed by atoms with Gasteiger partial charge in [0.25, 0.3) is 0 Å². The van der Waals surface area contributed by atoms with Gasteiger partial charge in [0.05, 0.1) is 10.9 Å². The highest BCUT2D eigenvalue weighted by Gasteiger charge is 2.26. The number of nitrogens with zero attached hydrogens (tertiary/aromatic N) is 1. The molecule has 0 radical (unpaired) electrons. The van der Waals surface area contributed by atoms with Gasteiger partial charge in [0.15, 0.2) is 5.78 Å². The number of likely N-dealkylation sites (tertiary alicyclic amines) is 1. The molecule has 8 heteroatoms. The van der Waals surface area contributed by atoms with Crippen LogP contribution in [0.1, 0.15) is 48.2 Å². The second-order valence-electron chi connectivity index (χ2n) is 7.14. The number of hydrogen-bond donors (Lipinski definition) is 2. The highest BCUT2D eigenvalue weighted by molar-refractivity contribution is 7.12. The van der Waals surface area contributed by atoms with E-state index >= 15 is 0 Å². The van der Waals surface area contributed by atoms with Crippen LogP contribution in [-0.2, 0) is 9.59 Å². The first-order valence-corrected chi connectivity index (χ1v) is 10.4. The molecule has 2 saturated heterocycles. The molecule has 6 nitrogen and oxygen atoms in total. The number of halogens is 1. The third kappa shape index (κ3) is 6.30. The normalized spacial score (nSPS) is 22.1. The maximum absolute atomic E-state index is 12.4. The maximum Gasteiger partial charge on any atom is 0.237 e. The summed E-state index contributed by atoms with van der Waals surface area (Å²) in [5.74, 6) is 0.458. The van der Waals surface area contributed by atoms with Gasteiger partial charge < -0.3 is 15.5 Å². The molecule has 1 aromatic rings. The van der Waals surface area contributed by atoms with Crippen LogP contribution in [-0.4, -0.2) is 54.7 Å². The molecule has 0 aliphatic carbocycles. The maximum atomic E-state index is 12.4. The number of rotatable bonds is 7. The molecule has 2 atom stereocenters. The van der Waals surface area contributed by atoms with Crippen LogP contribution in [0.3, 0.4) is 0 Å². The van der Waals surface area contributed by atoms with Crippen LogP contribution in [0.5, 0.6) is 0 Å². The standard InChI is InChI=1S/C19H27N3O3S.ClH/c23-16(17-6-3-11-26-17)7-8-18(24)22-10-2-4-14(13-22)12-21-19(25)15-5-1-9-20-15;/h3,6,11,14-15,20H,1-2,4-5,7-10,12-13H2,(H,21,25);1H. The average molecular weight is 414 g/mol. The van der Waals surface area contributed by atoms with E-state index in [9.17, 15) is 14.4 Å². The Morgan fingerprint density at radius 2 is 2.07 bits per heavy atom. The first-order valence-electron chi connectivity index (χ1n) is 9.49. The monoisotopic (exact) mass is 413 g/mol. The zero-order chi connectivity index (χ0) is 18.4. The van der Waals surface area contributed by atoms with Crippen molar-refractivity contribution in [2.24, 2.45) is 5.92 Å². The third-order valence-electron chi connectivity index (χ3n) is 5.18. The van der Waals surface area contributed by atoms with E-state index in [1.165, 1.54) is 11.3 Å². The quantitative estimate of drug-likeness (QED) is 0.672. The van der Waals surface area contributed by atoms with Gasteiger partial charge in [-0.3, -0.25) is 14.4 Å². The molecule has 27 heavy (non-hydrogen) atoms. The molecule has 0 spiro atoms. The number of thiophene rings is 1. The smallest absolute Gasteiger partial charge is 0.237 e. The summed E-state index contributed by atoms with van der Waals surface area (Å²) in [6.45, 7) is 2.95. The minimum absolute atomic E-state index is 0. The summed E-state index contributed by atoms with van der Waals surface area (Å²) in [7, 11) is 0. The molecule has 0 bridgehead atoms. The van der Waals surface area contributed by atoms with Crippen molar-refractivity contribution in [2.45, 2.75) is 44.6 Å². The fourth-order valence-electron chi connectivity index (χ4n) is 3.67. The van der Waals surface area contributed by atoms with E-state index in [0.717, 1.165) is 43.6 Å². The van der Waals surface area contributed by atoms with Crippen molar-refractivity contribution in [1.82, 2.24) is 15.5 Å². The van der Waals surface area contributed by atoms with Crippen LogP contribution in [0.2, 0.25) is 0 Å². The van der Waals surface area contributed by atoms with Crippen LogP contribution in [0.4, 0.5) is 0 Å². The van der Waals surface area contributed by atoms with E-state index in [1.54, 1.807) is 6.07 Å². The van der Waals surface area contributed by atoms with Gasteiger partial charge in [-0.2, -0.15) is 0 Å². The summed E-state index contributed by atoms with van der Waals surface area (Å²) in [6.07, 6.45) is 4.46. The lowest BCUT2D eigenvalue weighted by Gasteiger charge is -2.33. The van der Waals surface area contributed by atoms with Crippen molar-refractivity contribution in [1.29, 1.82) is 0 Å². The van der Waals surface area contributed by atoms with Gasteiger partial charge in [0.1, 0.15) is 0 Å². The van der Waals surface area contributed by atoms with Gasteiger partial charge in [-0.25, -0.2) is 0 Å². The Kier molecular flexibility index (Phi) is 8.73. The molecule has 0 aromatic carbocycles. The van der Waals surface area contributed by atoms with E-state index < -0.39 is 0 Å². The first-order chi connectivity index (χ1) is 12.6. The molecule has 2 amide bonds. The lowest BCUT2D eigenvalue weighted by Crippen LogP contribution is -2.46. The van der Waals surface area contributed by atoms with Gasteiger partial charge in [0.2, 0.25) is 11.8 Å². The SMILES string of the molecule is Cl.O=C(CCC(=O)N1CCCC(CNC(=O)C2CCCN2)C1)c1cccs1. The van der Waals surface area contributed by atoms with Crippen molar-refractivity contribution < 1.29 is 14.4 Å². The predicted molar refractivity (Wildman–Crippen MR) is 108 cm³/mol. The minimum atomic E-state index is -0.0559. The number of amides is 2. The summed E-state index contributed by atoms with van der Waals surface area (Å²) < 4.78 is 0. The molecule has 2 unspecified atom stereocenters. The molecule has 2 aliphatic heterocycles. The molecule has 2 N–H and O–H groups in total. The van der Waals surface area contributed by atoms with Crippen LogP contribution in [0, 0.1) is 5.92 Å². The van der Waals surface area contributed by atoms with Crippen molar-refractivity contribution >= 4 is 41.3 Å². The molecule has 3 heterocycles. The highest BCUT2D eigenvalue weighted by Crippen LogP contribution is 2.18. The molecular formula is C19H28ClN3O3S. The second kappa shape index (κ2) is 10.8. The summed E-state index contributed by atoms with van der Waals surface area (Å²) in [4.78, 5) is 39.2. The van der Waals surface area contributed by atoms with E-state index in [4.69, 9.17) is 0 Å². The molecule has 1 aromatic heterocycles. The number of carbonyl (C=O) groups excluding carboxylic acids is 3. The number of Topliss-reactive ketones (excluding diaryl/α,β-unsaturated/α-hetero) is 1. The highest BCUT2D eigenvalue weighted by atomic mass is 35.5. The number of ketones is 1. The Morgan fingerprint density at radius 3 is 2.78 bits per heavy atom. The first kappa shape index (κ1) is 21.9. The fraction of sp³-hybridized carbons (Fsp3) is 0.632. The zero-order valence-electron chi connectivity index (χ0n) is 15.4. The van der Waals surface area contributed by atoms with Gasteiger partial charge >= 0.3 is 0 Å². The summed E-state index contributed by atoms with van der Waals surface area (Å²) in [6, 6.07) is 3.60.